The highest BCUT2D eigenvalue weighted by Gasteiger charge is 2.13. The summed E-state index contributed by atoms with van der Waals surface area (Å²) in [5.74, 6) is 0.961. The third kappa shape index (κ3) is 6.54. The number of piperidine rings is 1. The second kappa shape index (κ2) is 10.4. The maximum atomic E-state index is 12.0. The van der Waals surface area contributed by atoms with Crippen LogP contribution in [0, 0.1) is 0 Å². The third-order valence-electron chi connectivity index (χ3n) is 4.21. The molecule has 0 spiro atoms. The van der Waals surface area contributed by atoms with Crippen LogP contribution in [-0.2, 0) is 4.79 Å². The molecule has 1 N–H and O–H groups in total. The van der Waals surface area contributed by atoms with E-state index < -0.39 is 0 Å². The van der Waals surface area contributed by atoms with E-state index >= 15 is 0 Å². The number of methoxy groups -OCH3 is 1. The molecule has 5 nitrogen and oxygen atoms in total. The Bertz CT molecular complexity index is 626. The Balaban J connectivity index is 1.89. The molecule has 0 saturated carbocycles. The van der Waals surface area contributed by atoms with Crippen LogP contribution in [0.5, 0.6) is 11.5 Å². The van der Waals surface area contributed by atoms with Gasteiger partial charge in [0.15, 0.2) is 11.5 Å². The Morgan fingerprint density at radius 1 is 1.31 bits per heavy atom. The summed E-state index contributed by atoms with van der Waals surface area (Å²) in [6.45, 7) is 7.69. The first kappa shape index (κ1) is 20.6. The molecule has 144 valence electrons. The zero-order chi connectivity index (χ0) is 18.9. The number of ether oxygens (including phenoxy) is 2. The molecule has 0 radical (unpaired) electrons. The summed E-state index contributed by atoms with van der Waals surface area (Å²) in [6, 6.07) is 3.57. The number of carbonyl (C=O) groups is 1. The van der Waals surface area contributed by atoms with Crippen molar-refractivity contribution < 1.29 is 14.3 Å². The number of amides is 1. The number of hydrogen-bond acceptors (Lipinski definition) is 4. The Kier molecular flexibility index (Phi) is 8.26. The van der Waals surface area contributed by atoms with Gasteiger partial charge < -0.3 is 19.7 Å². The van der Waals surface area contributed by atoms with Crippen molar-refractivity contribution in [2.75, 3.05) is 33.3 Å². The van der Waals surface area contributed by atoms with Gasteiger partial charge in [0, 0.05) is 19.2 Å². The van der Waals surface area contributed by atoms with Crippen molar-refractivity contribution in [1.29, 1.82) is 0 Å². The van der Waals surface area contributed by atoms with Crippen LogP contribution < -0.4 is 14.8 Å². The summed E-state index contributed by atoms with van der Waals surface area (Å²) in [6.07, 6.45) is 7.07. The van der Waals surface area contributed by atoms with Crippen molar-refractivity contribution in [2.24, 2.45) is 0 Å². The van der Waals surface area contributed by atoms with E-state index in [1.54, 1.807) is 25.3 Å². The van der Waals surface area contributed by atoms with Crippen LogP contribution >= 0.6 is 11.6 Å². The van der Waals surface area contributed by atoms with Crippen LogP contribution in [0.4, 0.5) is 0 Å². The minimum absolute atomic E-state index is 0.00604. The molecule has 0 aliphatic carbocycles. The van der Waals surface area contributed by atoms with Gasteiger partial charge in [0.05, 0.1) is 18.2 Å². The molecule has 1 heterocycles. The molecule has 1 fully saturated rings. The summed E-state index contributed by atoms with van der Waals surface area (Å²) >= 11 is 6.30. The number of nitrogens with one attached hydrogen (secondary N) is 1. The monoisotopic (exact) mass is 380 g/mol. The quantitative estimate of drug-likeness (QED) is 0.698. The van der Waals surface area contributed by atoms with Gasteiger partial charge in [0.1, 0.15) is 0 Å². The minimum Gasteiger partial charge on any atom is -0.493 e. The minimum atomic E-state index is -0.111. The molecule has 2 rings (SSSR count). The average Bonchev–Trinajstić information content (AvgIpc) is 2.62. The lowest BCUT2D eigenvalue weighted by atomic mass is 10.1. The number of halogens is 1. The molecule has 0 aromatic heterocycles. The maximum Gasteiger partial charge on any atom is 0.244 e. The molecule has 0 bridgehead atoms. The summed E-state index contributed by atoms with van der Waals surface area (Å²) < 4.78 is 11.1. The summed E-state index contributed by atoms with van der Waals surface area (Å²) in [7, 11) is 1.57. The van der Waals surface area contributed by atoms with Gasteiger partial charge in [-0.3, -0.25) is 4.79 Å². The van der Waals surface area contributed by atoms with Crippen LogP contribution in [0.1, 0.15) is 38.7 Å². The fourth-order valence-corrected chi connectivity index (χ4v) is 3.20. The Morgan fingerprint density at radius 3 is 2.69 bits per heavy atom. The molecule has 26 heavy (non-hydrogen) atoms. The first-order valence-corrected chi connectivity index (χ1v) is 9.60. The Morgan fingerprint density at radius 2 is 2.04 bits per heavy atom. The molecule has 1 saturated heterocycles. The van der Waals surface area contributed by atoms with E-state index in [1.165, 1.54) is 25.3 Å². The van der Waals surface area contributed by atoms with Crippen molar-refractivity contribution in [1.82, 2.24) is 10.2 Å². The fourth-order valence-electron chi connectivity index (χ4n) is 2.94. The lowest BCUT2D eigenvalue weighted by molar-refractivity contribution is -0.116. The van der Waals surface area contributed by atoms with Crippen molar-refractivity contribution >= 4 is 23.6 Å². The van der Waals surface area contributed by atoms with Crippen LogP contribution in [-0.4, -0.2) is 50.2 Å². The van der Waals surface area contributed by atoms with E-state index in [9.17, 15) is 4.79 Å². The molecule has 1 amide bonds. The summed E-state index contributed by atoms with van der Waals surface area (Å²) in [5, 5.41) is 3.39. The largest absolute Gasteiger partial charge is 0.493 e. The highest BCUT2D eigenvalue weighted by Crippen LogP contribution is 2.37. The van der Waals surface area contributed by atoms with E-state index in [2.05, 4.69) is 10.2 Å². The van der Waals surface area contributed by atoms with Gasteiger partial charge >= 0.3 is 0 Å². The first-order valence-electron chi connectivity index (χ1n) is 9.22. The lowest BCUT2D eigenvalue weighted by Gasteiger charge is -2.26. The highest BCUT2D eigenvalue weighted by atomic mass is 35.5. The molecule has 1 aromatic rings. The van der Waals surface area contributed by atoms with Crippen molar-refractivity contribution in [2.45, 2.75) is 39.2 Å². The molecule has 6 heteroatoms. The Labute approximate surface area is 161 Å². The topological polar surface area (TPSA) is 50.8 Å². The van der Waals surface area contributed by atoms with Gasteiger partial charge in [-0.05, 0) is 63.6 Å². The van der Waals surface area contributed by atoms with Gasteiger partial charge in [0.25, 0.3) is 0 Å². The lowest BCUT2D eigenvalue weighted by Crippen LogP contribution is -2.37. The van der Waals surface area contributed by atoms with Gasteiger partial charge in [-0.1, -0.05) is 18.0 Å². The van der Waals surface area contributed by atoms with E-state index in [0.717, 1.165) is 25.2 Å². The van der Waals surface area contributed by atoms with Crippen LogP contribution in [0.3, 0.4) is 0 Å². The first-order chi connectivity index (χ1) is 12.5. The van der Waals surface area contributed by atoms with E-state index in [4.69, 9.17) is 21.1 Å². The molecular formula is C20H29ClN2O3. The smallest absolute Gasteiger partial charge is 0.244 e. The van der Waals surface area contributed by atoms with Crippen molar-refractivity contribution in [3.63, 3.8) is 0 Å². The molecule has 1 aliphatic heterocycles. The number of nitrogens with zero attached hydrogens (tertiary/aromatic N) is 1. The SMILES string of the molecule is COc1cc(/C=C/C(=O)NCCN2CCCCC2)cc(Cl)c1OC(C)C. The van der Waals surface area contributed by atoms with Gasteiger partial charge in [-0.25, -0.2) is 0 Å². The molecule has 1 aliphatic rings. The predicted octanol–water partition coefficient (Wildman–Crippen LogP) is 3.75. The standard InChI is InChI=1S/C20H29ClN2O3/c1-15(2)26-20-17(21)13-16(14-18(20)25-3)7-8-19(24)22-9-12-23-10-5-4-6-11-23/h7-8,13-15H,4-6,9-12H2,1-3H3,(H,22,24)/b8-7+. The number of hydrogen-bond donors (Lipinski definition) is 1. The fraction of sp³-hybridized carbons (Fsp3) is 0.550. The van der Waals surface area contributed by atoms with Crippen LogP contribution in [0.25, 0.3) is 6.08 Å². The van der Waals surface area contributed by atoms with Gasteiger partial charge in [-0.2, -0.15) is 0 Å². The van der Waals surface area contributed by atoms with Crippen molar-refractivity contribution in [3.8, 4) is 11.5 Å². The summed E-state index contributed by atoms with van der Waals surface area (Å²) in [5.41, 5.74) is 0.786. The van der Waals surface area contributed by atoms with E-state index in [1.807, 2.05) is 13.8 Å². The normalized spacial score (nSPS) is 15.4. The number of benzene rings is 1. The predicted molar refractivity (Wildman–Crippen MR) is 106 cm³/mol. The second-order valence-corrected chi connectivity index (χ2v) is 7.13. The highest BCUT2D eigenvalue weighted by molar-refractivity contribution is 6.32. The van der Waals surface area contributed by atoms with Gasteiger partial charge in [-0.15, -0.1) is 0 Å². The molecular weight excluding hydrogens is 352 g/mol. The van der Waals surface area contributed by atoms with Crippen LogP contribution in [0.15, 0.2) is 18.2 Å². The van der Waals surface area contributed by atoms with Crippen molar-refractivity contribution in [3.05, 3.63) is 28.8 Å². The second-order valence-electron chi connectivity index (χ2n) is 6.73. The van der Waals surface area contributed by atoms with Gasteiger partial charge in [0.2, 0.25) is 5.91 Å². The van der Waals surface area contributed by atoms with E-state index in [0.29, 0.717) is 23.1 Å². The molecule has 1 aromatic carbocycles. The third-order valence-corrected chi connectivity index (χ3v) is 4.49. The maximum absolute atomic E-state index is 12.0. The average molecular weight is 381 g/mol. The summed E-state index contributed by atoms with van der Waals surface area (Å²) in [4.78, 5) is 14.4. The zero-order valence-corrected chi connectivity index (χ0v) is 16.6. The van der Waals surface area contributed by atoms with E-state index in [-0.39, 0.29) is 12.0 Å². The number of likely N-dealkylation sites (tertiary alicyclic amines) is 1. The molecule has 0 atom stereocenters. The molecule has 0 unspecified atom stereocenters. The van der Waals surface area contributed by atoms with Crippen LogP contribution in [0.2, 0.25) is 5.02 Å². The number of rotatable bonds is 8. The Hall–Kier alpha value is -1.72. The number of carbonyl (C=O) groups excluding carboxylic acids is 1. The zero-order valence-electron chi connectivity index (χ0n) is 15.9.